The average Bonchev–Trinajstić information content (AvgIpc) is 2.98. The standard InChI is InChI=1S/C12H12N2/c1-2-4-11(5-3-1)14-9-8-13-12(14)10-6-7-10/h1-5,8-10H,6-7H2. The molecule has 2 aromatic rings. The fourth-order valence-corrected chi connectivity index (χ4v) is 1.77. The molecule has 1 aromatic carbocycles. The Morgan fingerprint density at radius 3 is 2.64 bits per heavy atom. The van der Waals surface area contributed by atoms with Gasteiger partial charge in [0.1, 0.15) is 5.82 Å². The highest BCUT2D eigenvalue weighted by molar-refractivity contribution is 5.34. The molecule has 0 saturated heterocycles. The van der Waals surface area contributed by atoms with E-state index in [9.17, 15) is 0 Å². The van der Waals surface area contributed by atoms with Crippen molar-refractivity contribution in [2.75, 3.05) is 0 Å². The first-order valence-electron chi connectivity index (χ1n) is 5.04. The van der Waals surface area contributed by atoms with Crippen LogP contribution in [0.4, 0.5) is 0 Å². The van der Waals surface area contributed by atoms with E-state index in [1.165, 1.54) is 24.4 Å². The molecule has 0 aliphatic heterocycles. The minimum Gasteiger partial charge on any atom is -0.304 e. The Kier molecular flexibility index (Phi) is 1.66. The van der Waals surface area contributed by atoms with Gasteiger partial charge < -0.3 is 4.57 Å². The zero-order chi connectivity index (χ0) is 9.38. The SMILES string of the molecule is c1ccc(-n2ccnc2C2CC2)cc1. The fraction of sp³-hybridized carbons (Fsp3) is 0.250. The molecule has 0 bridgehead atoms. The molecule has 1 aliphatic rings. The van der Waals surface area contributed by atoms with Crippen molar-refractivity contribution < 1.29 is 0 Å². The summed E-state index contributed by atoms with van der Waals surface area (Å²) in [6, 6.07) is 10.4. The molecule has 2 nitrogen and oxygen atoms in total. The fourth-order valence-electron chi connectivity index (χ4n) is 1.77. The maximum absolute atomic E-state index is 4.42. The van der Waals surface area contributed by atoms with Crippen molar-refractivity contribution in [3.63, 3.8) is 0 Å². The molecule has 1 saturated carbocycles. The third-order valence-corrected chi connectivity index (χ3v) is 2.65. The number of benzene rings is 1. The van der Waals surface area contributed by atoms with Gasteiger partial charge in [-0.15, -0.1) is 0 Å². The molecule has 0 N–H and O–H groups in total. The van der Waals surface area contributed by atoms with Crippen LogP contribution in [0.25, 0.3) is 5.69 Å². The molecule has 1 aliphatic carbocycles. The molecule has 3 rings (SSSR count). The summed E-state index contributed by atoms with van der Waals surface area (Å²) in [6.07, 6.45) is 6.53. The molecule has 0 atom stereocenters. The highest BCUT2D eigenvalue weighted by Gasteiger charge is 2.27. The number of hydrogen-bond donors (Lipinski definition) is 0. The van der Waals surface area contributed by atoms with E-state index in [1.54, 1.807) is 0 Å². The van der Waals surface area contributed by atoms with Crippen LogP contribution < -0.4 is 0 Å². The Hall–Kier alpha value is -1.57. The van der Waals surface area contributed by atoms with Crippen LogP contribution in [0.5, 0.6) is 0 Å². The first-order valence-corrected chi connectivity index (χ1v) is 5.04. The Morgan fingerprint density at radius 1 is 1.14 bits per heavy atom. The van der Waals surface area contributed by atoms with E-state index in [-0.39, 0.29) is 0 Å². The lowest BCUT2D eigenvalue weighted by molar-refractivity contribution is 0.880. The number of para-hydroxylation sites is 1. The van der Waals surface area contributed by atoms with E-state index >= 15 is 0 Å². The molecule has 2 heteroatoms. The molecular weight excluding hydrogens is 172 g/mol. The predicted molar refractivity (Wildman–Crippen MR) is 55.5 cm³/mol. The molecule has 0 unspecified atom stereocenters. The monoisotopic (exact) mass is 184 g/mol. The van der Waals surface area contributed by atoms with Gasteiger partial charge in [0.15, 0.2) is 0 Å². The van der Waals surface area contributed by atoms with Gasteiger partial charge >= 0.3 is 0 Å². The van der Waals surface area contributed by atoms with Crippen LogP contribution in [0, 0.1) is 0 Å². The van der Waals surface area contributed by atoms with E-state index in [4.69, 9.17) is 0 Å². The number of aromatic nitrogens is 2. The molecule has 1 fully saturated rings. The molecule has 0 amide bonds. The van der Waals surface area contributed by atoms with Gasteiger partial charge in [-0.25, -0.2) is 4.98 Å². The van der Waals surface area contributed by atoms with E-state index in [0.29, 0.717) is 5.92 Å². The van der Waals surface area contributed by atoms with E-state index < -0.39 is 0 Å². The van der Waals surface area contributed by atoms with Gasteiger partial charge in [-0.1, -0.05) is 18.2 Å². The normalized spacial score (nSPS) is 15.7. The van der Waals surface area contributed by atoms with Gasteiger partial charge in [-0.3, -0.25) is 0 Å². The van der Waals surface area contributed by atoms with E-state index in [0.717, 1.165) is 0 Å². The third-order valence-electron chi connectivity index (χ3n) is 2.65. The number of hydrogen-bond acceptors (Lipinski definition) is 1. The van der Waals surface area contributed by atoms with Crippen LogP contribution in [-0.2, 0) is 0 Å². The molecule has 0 radical (unpaired) electrons. The topological polar surface area (TPSA) is 17.8 Å². The smallest absolute Gasteiger partial charge is 0.116 e. The molecule has 1 heterocycles. The lowest BCUT2D eigenvalue weighted by Gasteiger charge is -2.05. The van der Waals surface area contributed by atoms with Crippen LogP contribution in [0.3, 0.4) is 0 Å². The molecule has 70 valence electrons. The highest BCUT2D eigenvalue weighted by Crippen LogP contribution is 2.39. The maximum atomic E-state index is 4.42. The minimum atomic E-state index is 0.699. The Balaban J connectivity index is 2.07. The molecular formula is C12H12N2. The number of imidazole rings is 1. The van der Waals surface area contributed by atoms with Gasteiger partial charge in [0.2, 0.25) is 0 Å². The number of rotatable bonds is 2. The summed E-state index contributed by atoms with van der Waals surface area (Å²) in [7, 11) is 0. The van der Waals surface area contributed by atoms with Crippen LogP contribution in [0.2, 0.25) is 0 Å². The second kappa shape index (κ2) is 2.98. The van der Waals surface area contributed by atoms with Gasteiger partial charge in [-0.2, -0.15) is 0 Å². The second-order valence-electron chi connectivity index (χ2n) is 3.77. The molecule has 14 heavy (non-hydrogen) atoms. The summed E-state index contributed by atoms with van der Waals surface area (Å²) in [4.78, 5) is 4.42. The highest BCUT2D eigenvalue weighted by atomic mass is 15.1. The minimum absolute atomic E-state index is 0.699. The van der Waals surface area contributed by atoms with Crippen molar-refractivity contribution in [1.29, 1.82) is 0 Å². The molecule has 1 aromatic heterocycles. The summed E-state index contributed by atoms with van der Waals surface area (Å²) < 4.78 is 2.19. The van der Waals surface area contributed by atoms with Crippen molar-refractivity contribution in [2.24, 2.45) is 0 Å². The van der Waals surface area contributed by atoms with Crippen molar-refractivity contribution in [3.8, 4) is 5.69 Å². The van der Waals surface area contributed by atoms with Crippen LogP contribution in [0.15, 0.2) is 42.7 Å². The zero-order valence-electron chi connectivity index (χ0n) is 7.93. The van der Waals surface area contributed by atoms with Gasteiger partial charge in [0, 0.05) is 24.0 Å². The maximum Gasteiger partial charge on any atom is 0.116 e. The largest absolute Gasteiger partial charge is 0.304 e. The first-order chi connectivity index (χ1) is 6.95. The van der Waals surface area contributed by atoms with Crippen LogP contribution in [0.1, 0.15) is 24.6 Å². The summed E-state index contributed by atoms with van der Waals surface area (Å²) in [6.45, 7) is 0. The van der Waals surface area contributed by atoms with Gasteiger partial charge in [0.25, 0.3) is 0 Å². The van der Waals surface area contributed by atoms with Crippen LogP contribution in [-0.4, -0.2) is 9.55 Å². The summed E-state index contributed by atoms with van der Waals surface area (Å²) in [5, 5.41) is 0. The molecule has 0 spiro atoms. The van der Waals surface area contributed by atoms with Crippen molar-refractivity contribution in [2.45, 2.75) is 18.8 Å². The average molecular weight is 184 g/mol. The Labute approximate surface area is 83.2 Å². The van der Waals surface area contributed by atoms with Gasteiger partial charge in [0.05, 0.1) is 0 Å². The van der Waals surface area contributed by atoms with Crippen molar-refractivity contribution in [3.05, 3.63) is 48.5 Å². The third kappa shape index (κ3) is 1.23. The summed E-state index contributed by atoms with van der Waals surface area (Å²) in [5.41, 5.74) is 1.21. The zero-order valence-corrected chi connectivity index (χ0v) is 7.93. The number of nitrogens with zero attached hydrogens (tertiary/aromatic N) is 2. The van der Waals surface area contributed by atoms with Crippen LogP contribution >= 0.6 is 0 Å². The predicted octanol–water partition coefficient (Wildman–Crippen LogP) is 2.75. The van der Waals surface area contributed by atoms with Crippen molar-refractivity contribution in [1.82, 2.24) is 9.55 Å². The summed E-state index contributed by atoms with van der Waals surface area (Å²) >= 11 is 0. The lowest BCUT2D eigenvalue weighted by atomic mass is 10.3. The van der Waals surface area contributed by atoms with Crippen molar-refractivity contribution >= 4 is 0 Å². The lowest BCUT2D eigenvalue weighted by Crippen LogP contribution is -1.97. The second-order valence-corrected chi connectivity index (χ2v) is 3.77. The Morgan fingerprint density at radius 2 is 1.93 bits per heavy atom. The first kappa shape index (κ1) is 7.80. The Bertz CT molecular complexity index is 427. The summed E-state index contributed by atoms with van der Waals surface area (Å²) in [5.74, 6) is 1.92. The van der Waals surface area contributed by atoms with E-state index in [2.05, 4.69) is 33.8 Å². The van der Waals surface area contributed by atoms with Gasteiger partial charge in [-0.05, 0) is 25.0 Å². The quantitative estimate of drug-likeness (QED) is 0.701. The van der Waals surface area contributed by atoms with E-state index in [1.807, 2.05) is 18.5 Å².